The maximum absolute atomic E-state index is 13.0. The van der Waals surface area contributed by atoms with Crippen molar-refractivity contribution >= 4 is 0 Å². The van der Waals surface area contributed by atoms with E-state index in [1.807, 2.05) is 6.92 Å². The zero-order chi connectivity index (χ0) is 12.0. The molecule has 0 fully saturated rings. The standard InChI is InChI=1S/C13H20FNO/c1-3-6-16-9-13(15)8-11-7-12(14)5-4-10(11)2/h4-5,7,13H,3,6,8-9,15H2,1-2H3. The summed E-state index contributed by atoms with van der Waals surface area (Å²) >= 11 is 0. The molecule has 0 radical (unpaired) electrons. The van der Waals surface area contributed by atoms with Gasteiger partial charge in [-0.2, -0.15) is 0 Å². The van der Waals surface area contributed by atoms with Crippen molar-refractivity contribution < 1.29 is 9.13 Å². The molecule has 0 aliphatic carbocycles. The second kappa shape index (κ2) is 6.61. The molecule has 1 unspecified atom stereocenters. The number of hydrogen-bond acceptors (Lipinski definition) is 2. The molecule has 0 saturated heterocycles. The summed E-state index contributed by atoms with van der Waals surface area (Å²) in [6.07, 6.45) is 1.65. The number of rotatable bonds is 6. The van der Waals surface area contributed by atoms with Crippen LogP contribution in [-0.2, 0) is 11.2 Å². The van der Waals surface area contributed by atoms with E-state index < -0.39 is 0 Å². The van der Waals surface area contributed by atoms with Crippen molar-refractivity contribution in [2.75, 3.05) is 13.2 Å². The molecule has 0 aliphatic heterocycles. The molecule has 0 heterocycles. The molecule has 0 bridgehead atoms. The average Bonchev–Trinajstić information content (AvgIpc) is 2.24. The van der Waals surface area contributed by atoms with Crippen LogP contribution in [0.1, 0.15) is 24.5 Å². The average molecular weight is 225 g/mol. The van der Waals surface area contributed by atoms with Gasteiger partial charge in [0.15, 0.2) is 0 Å². The Morgan fingerprint density at radius 3 is 2.88 bits per heavy atom. The van der Waals surface area contributed by atoms with Crippen molar-refractivity contribution in [3.63, 3.8) is 0 Å². The molecular formula is C13H20FNO. The third-order valence-electron chi connectivity index (χ3n) is 2.47. The Balaban J connectivity index is 2.48. The minimum atomic E-state index is -0.206. The predicted octanol–water partition coefficient (Wildman–Crippen LogP) is 2.43. The van der Waals surface area contributed by atoms with Crippen LogP contribution in [-0.4, -0.2) is 19.3 Å². The Hall–Kier alpha value is -0.930. The fraction of sp³-hybridized carbons (Fsp3) is 0.538. The van der Waals surface area contributed by atoms with E-state index in [9.17, 15) is 4.39 Å². The van der Waals surface area contributed by atoms with E-state index in [0.29, 0.717) is 13.0 Å². The summed E-state index contributed by atoms with van der Waals surface area (Å²) < 4.78 is 18.4. The third kappa shape index (κ3) is 4.29. The minimum absolute atomic E-state index is 0.0629. The van der Waals surface area contributed by atoms with Crippen LogP contribution in [0.2, 0.25) is 0 Å². The first-order valence-electron chi connectivity index (χ1n) is 5.71. The van der Waals surface area contributed by atoms with Crippen LogP contribution in [0.3, 0.4) is 0 Å². The highest BCUT2D eigenvalue weighted by Gasteiger charge is 2.07. The summed E-state index contributed by atoms with van der Waals surface area (Å²) in [5, 5.41) is 0. The molecule has 0 amide bonds. The first-order chi connectivity index (χ1) is 7.63. The number of ether oxygens (including phenoxy) is 1. The number of benzene rings is 1. The van der Waals surface area contributed by atoms with E-state index >= 15 is 0 Å². The number of halogens is 1. The Bertz CT molecular complexity index is 328. The van der Waals surface area contributed by atoms with Gasteiger partial charge in [-0.15, -0.1) is 0 Å². The van der Waals surface area contributed by atoms with Crippen molar-refractivity contribution in [2.24, 2.45) is 5.73 Å². The molecular weight excluding hydrogens is 205 g/mol. The first kappa shape index (κ1) is 13.1. The zero-order valence-corrected chi connectivity index (χ0v) is 10.0. The Labute approximate surface area is 96.6 Å². The Morgan fingerprint density at radius 1 is 1.44 bits per heavy atom. The molecule has 2 nitrogen and oxygen atoms in total. The molecule has 1 aromatic rings. The van der Waals surface area contributed by atoms with Gasteiger partial charge in [-0.1, -0.05) is 13.0 Å². The van der Waals surface area contributed by atoms with Crippen LogP contribution in [0.15, 0.2) is 18.2 Å². The van der Waals surface area contributed by atoms with E-state index in [2.05, 4.69) is 6.92 Å². The largest absolute Gasteiger partial charge is 0.380 e. The number of aryl methyl sites for hydroxylation is 1. The minimum Gasteiger partial charge on any atom is -0.380 e. The van der Waals surface area contributed by atoms with Crippen molar-refractivity contribution in [3.8, 4) is 0 Å². The monoisotopic (exact) mass is 225 g/mol. The lowest BCUT2D eigenvalue weighted by Crippen LogP contribution is -2.29. The molecule has 0 spiro atoms. The maximum atomic E-state index is 13.0. The quantitative estimate of drug-likeness (QED) is 0.755. The smallest absolute Gasteiger partial charge is 0.123 e. The SMILES string of the molecule is CCCOCC(N)Cc1cc(F)ccc1C. The summed E-state index contributed by atoms with van der Waals surface area (Å²) in [5.74, 6) is -0.206. The van der Waals surface area contributed by atoms with E-state index in [1.54, 1.807) is 12.1 Å². The summed E-state index contributed by atoms with van der Waals surface area (Å²) in [6, 6.07) is 4.74. The predicted molar refractivity (Wildman–Crippen MR) is 63.9 cm³/mol. The van der Waals surface area contributed by atoms with Crippen molar-refractivity contribution in [1.82, 2.24) is 0 Å². The lowest BCUT2D eigenvalue weighted by atomic mass is 10.0. The van der Waals surface area contributed by atoms with Crippen LogP contribution in [0.5, 0.6) is 0 Å². The summed E-state index contributed by atoms with van der Waals surface area (Å²) in [5.41, 5.74) is 7.96. The first-order valence-corrected chi connectivity index (χ1v) is 5.71. The highest BCUT2D eigenvalue weighted by Crippen LogP contribution is 2.12. The van der Waals surface area contributed by atoms with Gasteiger partial charge in [0, 0.05) is 12.6 Å². The summed E-state index contributed by atoms with van der Waals surface area (Å²) in [4.78, 5) is 0. The molecule has 1 atom stereocenters. The Morgan fingerprint density at radius 2 is 2.19 bits per heavy atom. The fourth-order valence-electron chi connectivity index (χ4n) is 1.58. The maximum Gasteiger partial charge on any atom is 0.123 e. The molecule has 0 aliphatic rings. The van der Waals surface area contributed by atoms with Gasteiger partial charge in [0.05, 0.1) is 6.61 Å². The molecule has 90 valence electrons. The van der Waals surface area contributed by atoms with Gasteiger partial charge in [-0.25, -0.2) is 4.39 Å². The lowest BCUT2D eigenvalue weighted by molar-refractivity contribution is 0.121. The van der Waals surface area contributed by atoms with Crippen LogP contribution in [0.4, 0.5) is 4.39 Å². The van der Waals surface area contributed by atoms with Crippen LogP contribution in [0, 0.1) is 12.7 Å². The van der Waals surface area contributed by atoms with Gasteiger partial charge in [0.2, 0.25) is 0 Å². The number of nitrogens with two attached hydrogens (primary N) is 1. The number of hydrogen-bond donors (Lipinski definition) is 1. The van der Waals surface area contributed by atoms with Gasteiger partial charge in [0.1, 0.15) is 5.82 Å². The zero-order valence-electron chi connectivity index (χ0n) is 10.0. The Kier molecular flexibility index (Phi) is 5.43. The summed E-state index contributed by atoms with van der Waals surface area (Å²) in [7, 11) is 0. The fourth-order valence-corrected chi connectivity index (χ4v) is 1.58. The van der Waals surface area contributed by atoms with E-state index in [4.69, 9.17) is 10.5 Å². The van der Waals surface area contributed by atoms with Crippen molar-refractivity contribution in [3.05, 3.63) is 35.1 Å². The van der Waals surface area contributed by atoms with E-state index in [1.165, 1.54) is 6.07 Å². The van der Waals surface area contributed by atoms with Crippen LogP contribution in [0.25, 0.3) is 0 Å². The lowest BCUT2D eigenvalue weighted by Gasteiger charge is -2.13. The van der Waals surface area contributed by atoms with Crippen molar-refractivity contribution in [1.29, 1.82) is 0 Å². The highest BCUT2D eigenvalue weighted by atomic mass is 19.1. The highest BCUT2D eigenvalue weighted by molar-refractivity contribution is 5.27. The van der Waals surface area contributed by atoms with Crippen LogP contribution < -0.4 is 5.73 Å². The van der Waals surface area contributed by atoms with Gasteiger partial charge in [-0.05, 0) is 43.0 Å². The topological polar surface area (TPSA) is 35.2 Å². The second-order valence-electron chi connectivity index (χ2n) is 4.11. The normalized spacial score (nSPS) is 12.8. The third-order valence-corrected chi connectivity index (χ3v) is 2.47. The van der Waals surface area contributed by atoms with Gasteiger partial charge in [-0.3, -0.25) is 0 Å². The molecule has 3 heteroatoms. The molecule has 2 N–H and O–H groups in total. The molecule has 0 aromatic heterocycles. The molecule has 0 saturated carbocycles. The van der Waals surface area contributed by atoms with E-state index in [0.717, 1.165) is 24.2 Å². The molecule has 1 aromatic carbocycles. The van der Waals surface area contributed by atoms with Crippen LogP contribution >= 0.6 is 0 Å². The summed E-state index contributed by atoms with van der Waals surface area (Å²) in [6.45, 7) is 5.29. The van der Waals surface area contributed by atoms with Gasteiger partial charge >= 0.3 is 0 Å². The van der Waals surface area contributed by atoms with Gasteiger partial charge < -0.3 is 10.5 Å². The van der Waals surface area contributed by atoms with E-state index in [-0.39, 0.29) is 11.9 Å². The van der Waals surface area contributed by atoms with Crippen molar-refractivity contribution in [2.45, 2.75) is 32.7 Å². The molecule has 16 heavy (non-hydrogen) atoms. The van der Waals surface area contributed by atoms with Gasteiger partial charge in [0.25, 0.3) is 0 Å². The molecule has 1 rings (SSSR count). The second-order valence-corrected chi connectivity index (χ2v) is 4.11.